The van der Waals surface area contributed by atoms with Crippen LogP contribution < -0.4 is 16.9 Å². The van der Waals surface area contributed by atoms with Gasteiger partial charge in [-0.1, -0.05) is 20.3 Å². The number of amides is 1. The fourth-order valence-electron chi connectivity index (χ4n) is 2.15. The van der Waals surface area contributed by atoms with Gasteiger partial charge in [0.25, 0.3) is 0 Å². The highest BCUT2D eigenvalue weighted by Gasteiger charge is 2.26. The minimum atomic E-state index is 0.125. The Hall–Kier alpha value is -1.97. The zero-order valence-corrected chi connectivity index (χ0v) is 17.0. The van der Waals surface area contributed by atoms with E-state index in [1.807, 2.05) is 7.05 Å². The molecule has 0 aromatic carbocycles. The van der Waals surface area contributed by atoms with Crippen molar-refractivity contribution in [3.63, 3.8) is 0 Å². The molecule has 0 bridgehead atoms. The standard InChI is InChI=1S/C7H10N4OS.C7H14N2O.C3H8/c8-6(4-11(9)1-2-12)7-3-10-5-13-7;1-8-7(10)6-4-3-5-9(6)2;1-3-2/h2-5H,1,8-9H2;6H,3-5H2,1-2H3,(H,8,10);3H2,1-2H3/b6-4-;;. The average molecular weight is 385 g/mol. The minimum Gasteiger partial charge on any atom is -0.396 e. The van der Waals surface area contributed by atoms with Crippen LogP contribution in [0.4, 0.5) is 0 Å². The normalized spacial score (nSPS) is 16.7. The van der Waals surface area contributed by atoms with Crippen molar-refractivity contribution in [3.8, 4) is 0 Å². The van der Waals surface area contributed by atoms with E-state index in [0.717, 1.165) is 24.3 Å². The van der Waals surface area contributed by atoms with E-state index in [2.05, 4.69) is 29.0 Å². The lowest BCUT2D eigenvalue weighted by Crippen LogP contribution is -2.39. The predicted octanol–water partition coefficient (Wildman–Crippen LogP) is 1.02. The Labute approximate surface area is 160 Å². The molecule has 26 heavy (non-hydrogen) atoms. The van der Waals surface area contributed by atoms with E-state index >= 15 is 0 Å². The topological polar surface area (TPSA) is 118 Å². The number of likely N-dealkylation sites (tertiary alicyclic amines) is 1. The monoisotopic (exact) mass is 384 g/mol. The number of carbonyl (C=O) groups is 2. The lowest BCUT2D eigenvalue weighted by Gasteiger charge is -2.16. The van der Waals surface area contributed by atoms with Crippen molar-refractivity contribution in [2.24, 2.45) is 11.6 Å². The van der Waals surface area contributed by atoms with Crippen LogP contribution in [-0.4, -0.2) is 60.3 Å². The lowest BCUT2D eigenvalue weighted by atomic mass is 10.2. The van der Waals surface area contributed by atoms with Crippen molar-refractivity contribution >= 4 is 29.2 Å². The van der Waals surface area contributed by atoms with Crippen molar-refractivity contribution in [2.45, 2.75) is 39.2 Å². The van der Waals surface area contributed by atoms with Crippen LogP contribution in [0.3, 0.4) is 0 Å². The number of aldehydes is 1. The number of aromatic nitrogens is 1. The first-order valence-corrected chi connectivity index (χ1v) is 9.52. The summed E-state index contributed by atoms with van der Waals surface area (Å²) in [6.45, 7) is 5.43. The highest BCUT2D eigenvalue weighted by molar-refractivity contribution is 7.10. The van der Waals surface area contributed by atoms with Gasteiger partial charge in [0, 0.05) is 19.4 Å². The van der Waals surface area contributed by atoms with E-state index < -0.39 is 0 Å². The van der Waals surface area contributed by atoms with Gasteiger partial charge in [-0.2, -0.15) is 0 Å². The van der Waals surface area contributed by atoms with E-state index in [-0.39, 0.29) is 18.5 Å². The summed E-state index contributed by atoms with van der Waals surface area (Å²) in [6.07, 6.45) is 7.26. The molecular weight excluding hydrogens is 352 g/mol. The quantitative estimate of drug-likeness (QED) is 0.394. The first kappa shape index (κ1) is 24.0. The fraction of sp³-hybridized carbons (Fsp3) is 0.588. The largest absolute Gasteiger partial charge is 0.396 e. The van der Waals surface area contributed by atoms with Crippen molar-refractivity contribution in [2.75, 3.05) is 27.2 Å². The van der Waals surface area contributed by atoms with Gasteiger partial charge in [-0.3, -0.25) is 14.7 Å². The number of carbonyl (C=O) groups excluding carboxylic acids is 2. The number of thiazole rings is 1. The molecule has 148 valence electrons. The summed E-state index contributed by atoms with van der Waals surface area (Å²) in [5, 5.41) is 3.88. The van der Waals surface area contributed by atoms with Gasteiger partial charge < -0.3 is 20.9 Å². The summed E-state index contributed by atoms with van der Waals surface area (Å²) in [5.74, 6) is 5.57. The van der Waals surface area contributed by atoms with E-state index in [1.165, 1.54) is 29.0 Å². The number of nitrogens with zero attached hydrogens (tertiary/aromatic N) is 3. The highest BCUT2D eigenvalue weighted by atomic mass is 32.1. The second-order valence-corrected chi connectivity index (χ2v) is 6.66. The molecule has 2 heterocycles. The second kappa shape index (κ2) is 14.2. The Kier molecular flexibility index (Phi) is 13.1. The zero-order valence-electron chi connectivity index (χ0n) is 16.1. The number of likely N-dealkylation sites (N-methyl/N-ethyl adjacent to an activating group) is 2. The Bertz CT molecular complexity index is 535. The molecule has 0 aliphatic carbocycles. The summed E-state index contributed by atoms with van der Waals surface area (Å²) < 4.78 is 0. The van der Waals surface area contributed by atoms with Crippen molar-refractivity contribution in [1.29, 1.82) is 0 Å². The van der Waals surface area contributed by atoms with Crippen LogP contribution in [-0.2, 0) is 9.59 Å². The molecule has 1 aliphatic rings. The molecule has 1 atom stereocenters. The molecule has 1 aliphatic heterocycles. The molecule has 0 saturated carbocycles. The Morgan fingerprint density at radius 2 is 2.19 bits per heavy atom. The van der Waals surface area contributed by atoms with Crippen LogP contribution in [0.2, 0.25) is 0 Å². The number of hydrogen-bond acceptors (Lipinski definition) is 8. The van der Waals surface area contributed by atoms with Gasteiger partial charge in [-0.15, -0.1) is 11.3 Å². The molecule has 1 aromatic rings. The molecule has 1 fully saturated rings. The van der Waals surface area contributed by atoms with Crippen LogP contribution in [0.5, 0.6) is 0 Å². The maximum Gasteiger partial charge on any atom is 0.237 e. The molecule has 8 nitrogen and oxygen atoms in total. The number of hydrazine groups is 1. The van der Waals surface area contributed by atoms with Gasteiger partial charge in [0.2, 0.25) is 5.91 Å². The molecule has 1 aromatic heterocycles. The lowest BCUT2D eigenvalue weighted by molar-refractivity contribution is -0.124. The second-order valence-electron chi connectivity index (χ2n) is 5.77. The van der Waals surface area contributed by atoms with Gasteiger partial charge in [-0.05, 0) is 26.4 Å². The van der Waals surface area contributed by atoms with Crippen LogP contribution in [0, 0.1) is 0 Å². The number of nitrogens with two attached hydrogens (primary N) is 2. The Morgan fingerprint density at radius 3 is 2.62 bits per heavy atom. The van der Waals surface area contributed by atoms with Crippen molar-refractivity contribution < 1.29 is 9.59 Å². The molecule has 1 unspecified atom stereocenters. The third kappa shape index (κ3) is 9.50. The maximum absolute atomic E-state index is 11.1. The molecule has 0 radical (unpaired) electrons. The Morgan fingerprint density at radius 1 is 1.54 bits per heavy atom. The van der Waals surface area contributed by atoms with E-state index in [9.17, 15) is 9.59 Å². The third-order valence-corrected chi connectivity index (χ3v) is 4.20. The van der Waals surface area contributed by atoms with Crippen LogP contribution in [0.1, 0.15) is 38.0 Å². The molecule has 2 rings (SSSR count). The SMILES string of the molecule is CCC.CNC(=O)C1CCCN1C.N/C(=C\N(N)CC=O)c1cncs1. The van der Waals surface area contributed by atoms with Crippen LogP contribution in [0.15, 0.2) is 17.9 Å². The van der Waals surface area contributed by atoms with E-state index in [4.69, 9.17) is 11.6 Å². The van der Waals surface area contributed by atoms with Gasteiger partial charge >= 0.3 is 0 Å². The van der Waals surface area contributed by atoms with Crippen LogP contribution >= 0.6 is 11.3 Å². The van der Waals surface area contributed by atoms with E-state index in [0.29, 0.717) is 12.0 Å². The molecule has 0 spiro atoms. The predicted molar refractivity (Wildman–Crippen MR) is 107 cm³/mol. The highest BCUT2D eigenvalue weighted by Crippen LogP contribution is 2.14. The molecule has 1 amide bonds. The minimum absolute atomic E-state index is 0.125. The summed E-state index contributed by atoms with van der Waals surface area (Å²) >= 11 is 1.42. The zero-order chi connectivity index (χ0) is 19.9. The maximum atomic E-state index is 11.1. The number of hydrogen-bond donors (Lipinski definition) is 3. The Balaban J connectivity index is 0.000000428. The summed E-state index contributed by atoms with van der Waals surface area (Å²) in [6, 6.07) is 0.130. The average Bonchev–Trinajstić information content (AvgIpc) is 3.27. The number of rotatable bonds is 5. The van der Waals surface area contributed by atoms with Gasteiger partial charge in [0.05, 0.1) is 28.7 Å². The third-order valence-electron chi connectivity index (χ3n) is 3.38. The first-order valence-electron chi connectivity index (χ1n) is 8.64. The summed E-state index contributed by atoms with van der Waals surface area (Å²) in [5.41, 5.74) is 7.85. The van der Waals surface area contributed by atoms with Crippen molar-refractivity contribution in [1.82, 2.24) is 20.2 Å². The fourth-order valence-corrected chi connectivity index (χ4v) is 2.69. The summed E-state index contributed by atoms with van der Waals surface area (Å²) in [4.78, 5) is 27.9. The molecule has 9 heteroatoms. The molecule has 5 N–H and O–H groups in total. The molecule has 1 saturated heterocycles. The van der Waals surface area contributed by atoms with Gasteiger partial charge in [0.1, 0.15) is 6.29 Å². The first-order chi connectivity index (χ1) is 12.4. The van der Waals surface area contributed by atoms with Gasteiger partial charge in [-0.25, -0.2) is 5.84 Å². The van der Waals surface area contributed by atoms with Crippen LogP contribution in [0.25, 0.3) is 5.70 Å². The molecular formula is C17H32N6O2S. The summed E-state index contributed by atoms with van der Waals surface area (Å²) in [7, 11) is 3.68. The van der Waals surface area contributed by atoms with E-state index in [1.54, 1.807) is 18.8 Å². The number of nitrogens with one attached hydrogen (secondary N) is 1. The van der Waals surface area contributed by atoms with Crippen molar-refractivity contribution in [3.05, 3.63) is 22.8 Å². The van der Waals surface area contributed by atoms with Gasteiger partial charge in [0.15, 0.2) is 0 Å². The smallest absolute Gasteiger partial charge is 0.237 e.